The van der Waals surface area contributed by atoms with Crippen molar-refractivity contribution >= 4 is 11.8 Å². The molecule has 0 fully saturated rings. The topological polar surface area (TPSA) is 58.6 Å². The van der Waals surface area contributed by atoms with Gasteiger partial charge in [0.15, 0.2) is 6.61 Å². The third kappa shape index (κ3) is 6.93. The van der Waals surface area contributed by atoms with Crippen molar-refractivity contribution < 1.29 is 14.3 Å². The molecule has 0 aliphatic rings. The van der Waals surface area contributed by atoms with Crippen LogP contribution in [0.15, 0.2) is 48.5 Å². The van der Waals surface area contributed by atoms with Crippen LogP contribution < -0.4 is 10.1 Å². The Morgan fingerprint density at radius 2 is 1.72 bits per heavy atom. The highest BCUT2D eigenvalue weighted by atomic mass is 16.5. The number of ether oxygens (including phenoxy) is 1. The molecule has 0 heterocycles. The van der Waals surface area contributed by atoms with Gasteiger partial charge in [-0.3, -0.25) is 9.59 Å². The van der Waals surface area contributed by atoms with Crippen LogP contribution >= 0.6 is 0 Å². The first-order valence-electron chi connectivity index (χ1n) is 10.2. The van der Waals surface area contributed by atoms with Crippen LogP contribution in [0.4, 0.5) is 0 Å². The van der Waals surface area contributed by atoms with Gasteiger partial charge in [0.1, 0.15) is 11.8 Å². The van der Waals surface area contributed by atoms with Crippen molar-refractivity contribution in [2.45, 2.75) is 59.7 Å². The minimum absolute atomic E-state index is 0.00852. The number of hydrogen-bond acceptors (Lipinski definition) is 3. The van der Waals surface area contributed by atoms with E-state index in [1.54, 1.807) is 11.8 Å². The fourth-order valence-corrected chi connectivity index (χ4v) is 3.04. The van der Waals surface area contributed by atoms with E-state index in [1.807, 2.05) is 69.3 Å². The van der Waals surface area contributed by atoms with Crippen LogP contribution in [0, 0.1) is 6.92 Å². The fraction of sp³-hybridized carbons (Fsp3) is 0.417. The lowest BCUT2D eigenvalue weighted by Gasteiger charge is -2.29. The number of hydrogen-bond donors (Lipinski definition) is 1. The Labute approximate surface area is 174 Å². The Morgan fingerprint density at radius 3 is 2.31 bits per heavy atom. The summed E-state index contributed by atoms with van der Waals surface area (Å²) in [6, 6.07) is 15.1. The third-order valence-corrected chi connectivity index (χ3v) is 4.73. The van der Waals surface area contributed by atoms with Crippen molar-refractivity contribution in [2.24, 2.45) is 0 Å². The van der Waals surface area contributed by atoms with E-state index in [0.29, 0.717) is 12.3 Å². The van der Waals surface area contributed by atoms with Crippen LogP contribution in [0.25, 0.3) is 0 Å². The van der Waals surface area contributed by atoms with Crippen LogP contribution in [-0.4, -0.2) is 35.4 Å². The molecule has 0 aromatic heterocycles. The van der Waals surface area contributed by atoms with E-state index in [4.69, 9.17) is 4.74 Å². The zero-order valence-electron chi connectivity index (χ0n) is 18.1. The van der Waals surface area contributed by atoms with Gasteiger partial charge in [-0.15, -0.1) is 0 Å². The van der Waals surface area contributed by atoms with Crippen molar-refractivity contribution in [3.05, 3.63) is 65.2 Å². The third-order valence-electron chi connectivity index (χ3n) is 4.73. The summed E-state index contributed by atoms with van der Waals surface area (Å²) >= 11 is 0. The maximum Gasteiger partial charge on any atom is 0.261 e. The first-order chi connectivity index (χ1) is 13.8. The van der Waals surface area contributed by atoms with Crippen LogP contribution in [0.5, 0.6) is 5.75 Å². The first-order valence-corrected chi connectivity index (χ1v) is 10.2. The molecule has 29 heavy (non-hydrogen) atoms. The van der Waals surface area contributed by atoms with Gasteiger partial charge in [-0.1, -0.05) is 48.9 Å². The minimum Gasteiger partial charge on any atom is -0.484 e. The quantitative estimate of drug-likeness (QED) is 0.700. The summed E-state index contributed by atoms with van der Waals surface area (Å²) in [5.74, 6) is 0.246. The monoisotopic (exact) mass is 396 g/mol. The van der Waals surface area contributed by atoms with Gasteiger partial charge < -0.3 is 15.0 Å². The van der Waals surface area contributed by atoms with Crippen LogP contribution in [0.3, 0.4) is 0 Å². The highest BCUT2D eigenvalue weighted by molar-refractivity contribution is 5.88. The zero-order valence-corrected chi connectivity index (χ0v) is 18.1. The predicted octanol–water partition coefficient (Wildman–Crippen LogP) is 3.88. The molecule has 1 N–H and O–H groups in total. The molecule has 0 radical (unpaired) electrons. The second-order valence-corrected chi connectivity index (χ2v) is 7.64. The van der Waals surface area contributed by atoms with Gasteiger partial charge in [0, 0.05) is 12.6 Å². The minimum atomic E-state index is -0.600. The number of carbonyl (C=O) groups is 2. The molecule has 0 aliphatic carbocycles. The average molecular weight is 397 g/mol. The Kier molecular flexibility index (Phi) is 8.25. The summed E-state index contributed by atoms with van der Waals surface area (Å²) in [5.41, 5.74) is 3.31. The van der Waals surface area contributed by atoms with Crippen molar-refractivity contribution in [3.8, 4) is 5.75 Å². The van der Waals surface area contributed by atoms with Gasteiger partial charge in [-0.05, 0) is 57.4 Å². The van der Waals surface area contributed by atoms with Crippen LogP contribution in [0.1, 0.15) is 44.4 Å². The van der Waals surface area contributed by atoms with E-state index in [0.717, 1.165) is 17.5 Å². The van der Waals surface area contributed by atoms with E-state index in [2.05, 4.69) is 12.2 Å². The normalized spacial score (nSPS) is 11.8. The number of nitrogens with zero attached hydrogens (tertiary/aromatic N) is 1. The molecule has 2 aromatic rings. The SMILES string of the molecule is CCc1ccc(OCC(=O)N(Cc2cccc(C)c2)C(C)C(=O)NC(C)C)cc1. The Morgan fingerprint density at radius 1 is 1.03 bits per heavy atom. The van der Waals surface area contributed by atoms with Crippen molar-refractivity contribution in [2.75, 3.05) is 6.61 Å². The molecule has 5 nitrogen and oxygen atoms in total. The summed E-state index contributed by atoms with van der Waals surface area (Å²) in [6.07, 6.45) is 0.950. The number of aryl methyl sites for hydroxylation is 2. The van der Waals surface area contributed by atoms with E-state index in [-0.39, 0.29) is 24.5 Å². The van der Waals surface area contributed by atoms with E-state index in [1.165, 1.54) is 5.56 Å². The highest BCUT2D eigenvalue weighted by Crippen LogP contribution is 2.15. The summed E-state index contributed by atoms with van der Waals surface area (Å²) in [6.45, 7) is 9.89. The Hall–Kier alpha value is -2.82. The molecule has 2 rings (SSSR count). The number of amides is 2. The zero-order chi connectivity index (χ0) is 21.4. The maximum atomic E-state index is 13.0. The van der Waals surface area contributed by atoms with Gasteiger partial charge in [0.05, 0.1) is 0 Å². The van der Waals surface area contributed by atoms with Crippen molar-refractivity contribution in [3.63, 3.8) is 0 Å². The predicted molar refractivity (Wildman–Crippen MR) is 116 cm³/mol. The molecule has 5 heteroatoms. The number of benzene rings is 2. The lowest BCUT2D eigenvalue weighted by Crippen LogP contribution is -2.50. The summed E-state index contributed by atoms with van der Waals surface area (Å²) in [5, 5.41) is 2.89. The van der Waals surface area contributed by atoms with E-state index < -0.39 is 6.04 Å². The lowest BCUT2D eigenvalue weighted by molar-refractivity contribution is -0.142. The van der Waals surface area contributed by atoms with Gasteiger partial charge in [-0.25, -0.2) is 0 Å². The molecular formula is C24H32N2O3. The van der Waals surface area contributed by atoms with E-state index in [9.17, 15) is 9.59 Å². The Balaban J connectivity index is 2.13. The summed E-state index contributed by atoms with van der Waals surface area (Å²) in [7, 11) is 0. The molecule has 2 aromatic carbocycles. The summed E-state index contributed by atoms with van der Waals surface area (Å²) < 4.78 is 5.70. The van der Waals surface area contributed by atoms with Crippen molar-refractivity contribution in [1.82, 2.24) is 10.2 Å². The Bertz CT molecular complexity index is 815. The number of nitrogens with one attached hydrogen (secondary N) is 1. The second kappa shape index (κ2) is 10.6. The fourth-order valence-electron chi connectivity index (χ4n) is 3.04. The number of carbonyl (C=O) groups excluding carboxylic acids is 2. The van der Waals surface area contributed by atoms with Gasteiger partial charge in [-0.2, -0.15) is 0 Å². The maximum absolute atomic E-state index is 13.0. The standard InChI is InChI=1S/C24H32N2O3/c1-6-20-10-12-22(13-11-20)29-16-23(27)26(19(5)24(28)25-17(2)3)15-21-9-7-8-18(4)14-21/h7-14,17,19H,6,15-16H2,1-5H3,(H,25,28). The highest BCUT2D eigenvalue weighted by Gasteiger charge is 2.26. The molecule has 1 unspecified atom stereocenters. The largest absolute Gasteiger partial charge is 0.484 e. The van der Waals surface area contributed by atoms with Gasteiger partial charge >= 0.3 is 0 Å². The molecule has 156 valence electrons. The molecule has 1 atom stereocenters. The van der Waals surface area contributed by atoms with Crippen LogP contribution in [0.2, 0.25) is 0 Å². The molecule has 0 saturated heterocycles. The number of rotatable bonds is 9. The first kappa shape index (κ1) is 22.5. The molecule has 0 aliphatic heterocycles. The molecule has 0 saturated carbocycles. The van der Waals surface area contributed by atoms with E-state index >= 15 is 0 Å². The average Bonchev–Trinajstić information content (AvgIpc) is 2.69. The molecular weight excluding hydrogens is 364 g/mol. The van der Waals surface area contributed by atoms with Crippen molar-refractivity contribution in [1.29, 1.82) is 0 Å². The van der Waals surface area contributed by atoms with Gasteiger partial charge in [0.25, 0.3) is 5.91 Å². The smallest absolute Gasteiger partial charge is 0.261 e. The van der Waals surface area contributed by atoms with Gasteiger partial charge in [0.2, 0.25) is 5.91 Å². The second-order valence-electron chi connectivity index (χ2n) is 7.64. The molecule has 0 bridgehead atoms. The molecule has 2 amide bonds. The summed E-state index contributed by atoms with van der Waals surface area (Å²) in [4.78, 5) is 27.1. The van der Waals surface area contributed by atoms with Crippen LogP contribution in [-0.2, 0) is 22.6 Å². The molecule has 0 spiro atoms. The lowest BCUT2D eigenvalue weighted by atomic mass is 10.1.